The molecule has 0 aliphatic rings. The van der Waals surface area contributed by atoms with E-state index in [9.17, 15) is 10.1 Å². The Balaban J connectivity index is 2.19. The number of nitrogens with one attached hydrogen (secondary N) is 1. The lowest BCUT2D eigenvalue weighted by molar-refractivity contribution is -0.112. The summed E-state index contributed by atoms with van der Waals surface area (Å²) in [5.41, 5.74) is 2.42. The molecule has 0 spiro atoms. The average Bonchev–Trinajstić information content (AvgIpc) is 2.58. The van der Waals surface area contributed by atoms with Gasteiger partial charge in [0.05, 0.1) is 4.47 Å². The Labute approximate surface area is 155 Å². The van der Waals surface area contributed by atoms with Crippen molar-refractivity contribution in [2.75, 3.05) is 11.9 Å². The van der Waals surface area contributed by atoms with Crippen molar-refractivity contribution in [3.05, 3.63) is 76.3 Å². The van der Waals surface area contributed by atoms with Crippen molar-refractivity contribution >= 4 is 33.6 Å². The SMILES string of the molecule is C=CCOc1ccc(C=C(C#N)C(=O)Nc2cccc(C)c2)cc1Br. The van der Waals surface area contributed by atoms with E-state index in [-0.39, 0.29) is 5.57 Å². The molecule has 0 saturated heterocycles. The number of rotatable bonds is 6. The summed E-state index contributed by atoms with van der Waals surface area (Å²) in [6, 6.07) is 14.7. The maximum absolute atomic E-state index is 12.3. The molecule has 0 unspecified atom stereocenters. The predicted octanol–water partition coefficient (Wildman–Crippen LogP) is 4.87. The summed E-state index contributed by atoms with van der Waals surface area (Å²) in [6.07, 6.45) is 3.19. The lowest BCUT2D eigenvalue weighted by atomic mass is 10.1. The van der Waals surface area contributed by atoms with E-state index in [4.69, 9.17) is 4.74 Å². The molecule has 0 radical (unpaired) electrons. The largest absolute Gasteiger partial charge is 0.488 e. The summed E-state index contributed by atoms with van der Waals surface area (Å²) in [5.74, 6) is 0.218. The van der Waals surface area contributed by atoms with Crippen LogP contribution in [0.15, 0.2) is 65.2 Å². The monoisotopic (exact) mass is 396 g/mol. The molecular weight excluding hydrogens is 380 g/mol. The number of halogens is 1. The molecule has 1 amide bonds. The number of nitriles is 1. The summed E-state index contributed by atoms with van der Waals surface area (Å²) >= 11 is 3.42. The summed E-state index contributed by atoms with van der Waals surface area (Å²) in [5, 5.41) is 12.0. The fourth-order valence-corrected chi connectivity index (χ4v) is 2.62. The summed E-state index contributed by atoms with van der Waals surface area (Å²) in [6.45, 7) is 5.94. The van der Waals surface area contributed by atoms with E-state index >= 15 is 0 Å². The number of benzene rings is 2. The van der Waals surface area contributed by atoms with Gasteiger partial charge in [-0.2, -0.15) is 5.26 Å². The molecule has 2 rings (SSSR count). The first kappa shape index (κ1) is 18.5. The Morgan fingerprint density at radius 3 is 2.80 bits per heavy atom. The predicted molar refractivity (Wildman–Crippen MR) is 103 cm³/mol. The number of carbonyl (C=O) groups excluding carboxylic acids is 1. The smallest absolute Gasteiger partial charge is 0.266 e. The number of anilines is 1. The molecule has 0 atom stereocenters. The third-order valence-electron chi connectivity index (χ3n) is 3.26. The van der Waals surface area contributed by atoms with E-state index in [2.05, 4.69) is 27.8 Å². The fraction of sp³-hybridized carbons (Fsp3) is 0.100. The van der Waals surface area contributed by atoms with E-state index in [1.54, 1.807) is 30.3 Å². The molecular formula is C20H17BrN2O2. The average molecular weight is 397 g/mol. The minimum atomic E-state index is -0.448. The van der Waals surface area contributed by atoms with E-state index < -0.39 is 5.91 Å². The molecule has 0 aliphatic carbocycles. The second-order valence-corrected chi connectivity index (χ2v) is 6.14. The highest BCUT2D eigenvalue weighted by Crippen LogP contribution is 2.27. The first-order valence-corrected chi connectivity index (χ1v) is 8.36. The second kappa shape index (κ2) is 8.86. The molecule has 4 nitrogen and oxygen atoms in total. The molecule has 2 aromatic rings. The Kier molecular flexibility index (Phi) is 6.55. The highest BCUT2D eigenvalue weighted by molar-refractivity contribution is 9.10. The lowest BCUT2D eigenvalue weighted by Crippen LogP contribution is -2.13. The molecule has 0 fully saturated rings. The normalized spacial score (nSPS) is 10.7. The maximum atomic E-state index is 12.3. The van der Waals surface area contributed by atoms with Crippen molar-refractivity contribution in [3.8, 4) is 11.8 Å². The topological polar surface area (TPSA) is 62.1 Å². The van der Waals surface area contributed by atoms with E-state index in [0.29, 0.717) is 23.6 Å². The summed E-state index contributed by atoms with van der Waals surface area (Å²) in [4.78, 5) is 12.3. The number of carbonyl (C=O) groups is 1. The highest BCUT2D eigenvalue weighted by Gasteiger charge is 2.10. The van der Waals surface area contributed by atoms with Gasteiger partial charge in [-0.25, -0.2) is 0 Å². The van der Waals surface area contributed by atoms with Crippen molar-refractivity contribution in [2.24, 2.45) is 0 Å². The zero-order valence-electron chi connectivity index (χ0n) is 13.8. The Morgan fingerprint density at radius 2 is 2.16 bits per heavy atom. The Morgan fingerprint density at radius 1 is 1.36 bits per heavy atom. The van der Waals surface area contributed by atoms with Crippen LogP contribution in [-0.4, -0.2) is 12.5 Å². The number of hydrogen-bond donors (Lipinski definition) is 1. The molecule has 2 aromatic carbocycles. The van der Waals surface area contributed by atoms with E-state index in [0.717, 1.165) is 10.0 Å². The van der Waals surface area contributed by atoms with Gasteiger partial charge in [0.2, 0.25) is 0 Å². The minimum absolute atomic E-state index is 0.0215. The molecule has 0 bridgehead atoms. The van der Waals surface area contributed by atoms with Gasteiger partial charge in [0.15, 0.2) is 0 Å². The molecule has 126 valence electrons. The van der Waals surface area contributed by atoms with Crippen LogP contribution in [0.3, 0.4) is 0 Å². The molecule has 25 heavy (non-hydrogen) atoms. The van der Waals surface area contributed by atoms with Crippen LogP contribution in [-0.2, 0) is 4.79 Å². The zero-order chi connectivity index (χ0) is 18.2. The van der Waals surface area contributed by atoms with Gasteiger partial charge in [-0.15, -0.1) is 0 Å². The standard InChI is InChI=1S/C20H17BrN2O2/c1-3-9-25-19-8-7-15(12-18(19)21)11-16(13-22)20(24)23-17-6-4-5-14(2)10-17/h3-8,10-12H,1,9H2,2H3,(H,23,24). The molecule has 1 N–H and O–H groups in total. The van der Waals surface area contributed by atoms with E-state index in [1.165, 1.54) is 6.08 Å². The Bertz CT molecular complexity index is 866. The van der Waals surface area contributed by atoms with Crippen LogP contribution >= 0.6 is 15.9 Å². The highest BCUT2D eigenvalue weighted by atomic mass is 79.9. The first-order valence-electron chi connectivity index (χ1n) is 7.56. The number of hydrogen-bond acceptors (Lipinski definition) is 3. The van der Waals surface area contributed by atoms with Gasteiger partial charge in [0, 0.05) is 5.69 Å². The molecule has 0 aromatic heterocycles. The summed E-state index contributed by atoms with van der Waals surface area (Å²) < 4.78 is 6.22. The molecule has 0 saturated carbocycles. The molecule has 0 heterocycles. The van der Waals surface area contributed by atoms with Gasteiger partial charge in [-0.1, -0.05) is 30.9 Å². The van der Waals surface area contributed by atoms with E-state index in [1.807, 2.05) is 31.2 Å². The van der Waals surface area contributed by atoms with Crippen LogP contribution in [0.25, 0.3) is 6.08 Å². The van der Waals surface area contributed by atoms with Crippen LogP contribution in [0, 0.1) is 18.3 Å². The van der Waals surface area contributed by atoms with Crippen molar-refractivity contribution < 1.29 is 9.53 Å². The van der Waals surface area contributed by atoms with Gasteiger partial charge in [-0.05, 0) is 64.3 Å². The van der Waals surface area contributed by atoms with Crippen LogP contribution in [0.2, 0.25) is 0 Å². The van der Waals surface area contributed by atoms with Gasteiger partial charge in [-0.3, -0.25) is 4.79 Å². The van der Waals surface area contributed by atoms with Gasteiger partial charge in [0.25, 0.3) is 5.91 Å². The molecule has 5 heteroatoms. The zero-order valence-corrected chi connectivity index (χ0v) is 15.3. The van der Waals surface area contributed by atoms with Crippen LogP contribution in [0.5, 0.6) is 5.75 Å². The van der Waals surface area contributed by atoms with Crippen molar-refractivity contribution in [1.82, 2.24) is 0 Å². The first-order chi connectivity index (χ1) is 12.0. The fourth-order valence-electron chi connectivity index (χ4n) is 2.11. The van der Waals surface area contributed by atoms with Crippen LogP contribution < -0.4 is 10.1 Å². The van der Waals surface area contributed by atoms with Gasteiger partial charge in [0.1, 0.15) is 24.0 Å². The quantitative estimate of drug-likeness (QED) is 0.430. The second-order valence-electron chi connectivity index (χ2n) is 5.28. The van der Waals surface area contributed by atoms with Crippen molar-refractivity contribution in [3.63, 3.8) is 0 Å². The van der Waals surface area contributed by atoms with Gasteiger partial charge >= 0.3 is 0 Å². The third kappa shape index (κ3) is 5.33. The van der Waals surface area contributed by atoms with Gasteiger partial charge < -0.3 is 10.1 Å². The Hall–Kier alpha value is -2.84. The third-order valence-corrected chi connectivity index (χ3v) is 3.88. The minimum Gasteiger partial charge on any atom is -0.488 e. The van der Waals surface area contributed by atoms with Crippen LogP contribution in [0.4, 0.5) is 5.69 Å². The van der Waals surface area contributed by atoms with Crippen molar-refractivity contribution in [2.45, 2.75) is 6.92 Å². The maximum Gasteiger partial charge on any atom is 0.266 e. The summed E-state index contributed by atoms with van der Waals surface area (Å²) in [7, 11) is 0. The lowest BCUT2D eigenvalue weighted by Gasteiger charge is -2.07. The van der Waals surface area contributed by atoms with Crippen molar-refractivity contribution in [1.29, 1.82) is 5.26 Å². The molecule has 0 aliphatic heterocycles. The number of ether oxygens (including phenoxy) is 1. The van der Waals surface area contributed by atoms with Crippen LogP contribution in [0.1, 0.15) is 11.1 Å². The number of aryl methyl sites for hydroxylation is 1. The number of nitrogens with zero attached hydrogens (tertiary/aromatic N) is 1. The number of amides is 1.